The van der Waals surface area contributed by atoms with E-state index in [9.17, 15) is 27.6 Å². The van der Waals surface area contributed by atoms with E-state index in [1.807, 2.05) is 0 Å². The number of carbonyl (C=O) groups is 3. The van der Waals surface area contributed by atoms with Crippen LogP contribution in [0.5, 0.6) is 5.75 Å². The first-order valence-electron chi connectivity index (χ1n) is 13.0. The molecule has 0 radical (unpaired) electrons. The number of nitrogens with zero attached hydrogens (tertiary/aromatic N) is 1. The number of hydrogen-bond donors (Lipinski definition) is 2. The minimum absolute atomic E-state index is 0.0249. The number of likely N-dealkylation sites (tertiary alicyclic amines) is 1. The first kappa shape index (κ1) is 27.2. The minimum Gasteiger partial charge on any atom is -0.497 e. The number of hydrogen-bond acceptors (Lipinski definition) is 4. The van der Waals surface area contributed by atoms with Gasteiger partial charge in [0, 0.05) is 29.9 Å². The number of anilines is 1. The summed E-state index contributed by atoms with van der Waals surface area (Å²) < 4.78 is 47.1. The first-order chi connectivity index (χ1) is 19.2. The average Bonchev–Trinajstić information content (AvgIpc) is 3.41. The fourth-order valence-corrected chi connectivity index (χ4v) is 5.32. The zero-order chi connectivity index (χ0) is 28.4. The third-order valence-corrected chi connectivity index (χ3v) is 7.65. The van der Waals surface area contributed by atoms with Gasteiger partial charge >= 0.3 is 0 Å². The summed E-state index contributed by atoms with van der Waals surface area (Å²) in [6.07, 6.45) is 3.18. The van der Waals surface area contributed by atoms with Crippen molar-refractivity contribution < 1.29 is 32.3 Å². The SMILES string of the molecule is COc1cc(F)c(C(=O)NC2(c3ccc(NC(=O)[C@@H]4CCCN4C(=O)c4ccc(F)cc4)cc3)CCC2)c(F)c1. The highest BCUT2D eigenvalue weighted by Gasteiger charge is 2.41. The molecule has 1 saturated heterocycles. The molecule has 1 heterocycles. The summed E-state index contributed by atoms with van der Waals surface area (Å²) in [5, 5.41) is 5.65. The van der Waals surface area contributed by atoms with Crippen LogP contribution in [0.1, 0.15) is 58.4 Å². The molecular formula is C30H28F3N3O4. The van der Waals surface area contributed by atoms with E-state index in [2.05, 4.69) is 10.6 Å². The van der Waals surface area contributed by atoms with Gasteiger partial charge in [0.25, 0.3) is 11.8 Å². The highest BCUT2D eigenvalue weighted by Crippen LogP contribution is 2.42. The number of halogens is 3. The number of rotatable bonds is 7. The second-order valence-corrected chi connectivity index (χ2v) is 10.1. The molecule has 0 bridgehead atoms. The number of carbonyl (C=O) groups excluding carboxylic acids is 3. The molecule has 7 nitrogen and oxygen atoms in total. The molecule has 2 fully saturated rings. The summed E-state index contributed by atoms with van der Waals surface area (Å²) in [6, 6.07) is 13.4. The molecule has 5 rings (SSSR count). The predicted molar refractivity (Wildman–Crippen MR) is 141 cm³/mol. The maximum absolute atomic E-state index is 14.5. The Morgan fingerprint density at radius 3 is 2.15 bits per heavy atom. The average molecular weight is 552 g/mol. The molecule has 10 heteroatoms. The molecule has 208 valence electrons. The van der Waals surface area contributed by atoms with Crippen LogP contribution in [0.2, 0.25) is 0 Å². The summed E-state index contributed by atoms with van der Waals surface area (Å²) in [7, 11) is 1.28. The van der Waals surface area contributed by atoms with E-state index >= 15 is 0 Å². The van der Waals surface area contributed by atoms with Gasteiger partial charge in [-0.05, 0) is 74.1 Å². The van der Waals surface area contributed by atoms with Crippen molar-refractivity contribution in [2.45, 2.75) is 43.7 Å². The van der Waals surface area contributed by atoms with Gasteiger partial charge in [-0.3, -0.25) is 14.4 Å². The van der Waals surface area contributed by atoms with E-state index in [4.69, 9.17) is 4.74 Å². The molecule has 0 aromatic heterocycles. The lowest BCUT2D eigenvalue weighted by Gasteiger charge is -2.43. The van der Waals surface area contributed by atoms with E-state index in [0.29, 0.717) is 43.5 Å². The molecule has 3 aromatic carbocycles. The van der Waals surface area contributed by atoms with Crippen LogP contribution in [0, 0.1) is 17.5 Å². The Morgan fingerprint density at radius 2 is 1.57 bits per heavy atom. The lowest BCUT2D eigenvalue weighted by atomic mass is 9.71. The Bertz CT molecular complexity index is 1420. The van der Waals surface area contributed by atoms with Gasteiger partial charge in [-0.2, -0.15) is 0 Å². The lowest BCUT2D eigenvalue weighted by Crippen LogP contribution is -2.51. The molecule has 3 aromatic rings. The van der Waals surface area contributed by atoms with Crippen molar-refractivity contribution in [3.63, 3.8) is 0 Å². The number of nitrogens with one attached hydrogen (secondary N) is 2. The number of ether oxygens (including phenoxy) is 1. The summed E-state index contributed by atoms with van der Waals surface area (Å²) >= 11 is 0. The van der Waals surface area contributed by atoms with E-state index in [1.54, 1.807) is 24.3 Å². The minimum atomic E-state index is -1.01. The van der Waals surface area contributed by atoms with Gasteiger partial charge in [0.2, 0.25) is 5.91 Å². The molecule has 2 aliphatic rings. The van der Waals surface area contributed by atoms with Gasteiger partial charge in [-0.15, -0.1) is 0 Å². The largest absolute Gasteiger partial charge is 0.497 e. The van der Waals surface area contributed by atoms with Crippen LogP contribution in [-0.2, 0) is 10.3 Å². The Balaban J connectivity index is 1.27. The maximum Gasteiger partial charge on any atom is 0.257 e. The molecule has 0 unspecified atom stereocenters. The van der Waals surface area contributed by atoms with Gasteiger partial charge in [-0.25, -0.2) is 13.2 Å². The van der Waals surface area contributed by atoms with Crippen molar-refractivity contribution in [2.75, 3.05) is 19.0 Å². The molecular weight excluding hydrogens is 523 g/mol. The standard InChI is InChI=1S/C30H28F3N3O4/c1-40-22-16-23(32)26(24(33)17-22)28(38)35-30(13-3-14-30)19-7-11-21(12-8-19)34-27(37)25-4-2-15-36(25)29(39)18-5-9-20(31)10-6-18/h5-12,16-17,25H,2-4,13-15H2,1H3,(H,34,37)(H,35,38)/t25-/m0/s1. The Kier molecular flexibility index (Phi) is 7.51. The van der Waals surface area contributed by atoms with Crippen molar-refractivity contribution in [3.8, 4) is 5.75 Å². The van der Waals surface area contributed by atoms with Crippen molar-refractivity contribution in [1.29, 1.82) is 0 Å². The third kappa shape index (κ3) is 5.25. The Morgan fingerprint density at radius 1 is 0.925 bits per heavy atom. The van der Waals surface area contributed by atoms with Crippen LogP contribution >= 0.6 is 0 Å². The molecule has 1 aliphatic carbocycles. The Hall–Kier alpha value is -4.34. The summed E-state index contributed by atoms with van der Waals surface area (Å²) in [6.45, 7) is 0.421. The normalized spacial score (nSPS) is 17.6. The van der Waals surface area contributed by atoms with Gasteiger partial charge in [0.1, 0.15) is 34.8 Å². The second kappa shape index (κ2) is 11.0. The van der Waals surface area contributed by atoms with Crippen LogP contribution < -0.4 is 15.4 Å². The van der Waals surface area contributed by atoms with Gasteiger partial charge in [-0.1, -0.05) is 12.1 Å². The van der Waals surface area contributed by atoms with Crippen molar-refractivity contribution in [3.05, 3.63) is 94.8 Å². The summed E-state index contributed by atoms with van der Waals surface area (Å²) in [5.41, 5.74) is 0.0960. The first-order valence-corrected chi connectivity index (χ1v) is 13.0. The van der Waals surface area contributed by atoms with E-state index < -0.39 is 40.5 Å². The topological polar surface area (TPSA) is 87.7 Å². The van der Waals surface area contributed by atoms with Crippen molar-refractivity contribution >= 4 is 23.4 Å². The van der Waals surface area contributed by atoms with E-state index in [-0.39, 0.29) is 17.6 Å². The molecule has 2 N–H and O–H groups in total. The molecule has 0 spiro atoms. The number of benzene rings is 3. The van der Waals surface area contributed by atoms with Crippen LogP contribution in [0.25, 0.3) is 0 Å². The second-order valence-electron chi connectivity index (χ2n) is 10.1. The summed E-state index contributed by atoms with van der Waals surface area (Å²) in [4.78, 5) is 40.4. The Labute approximate surface area is 229 Å². The maximum atomic E-state index is 14.5. The highest BCUT2D eigenvalue weighted by molar-refractivity contribution is 6.01. The zero-order valence-electron chi connectivity index (χ0n) is 21.8. The van der Waals surface area contributed by atoms with Crippen molar-refractivity contribution in [2.24, 2.45) is 0 Å². The van der Waals surface area contributed by atoms with Gasteiger partial charge in [0.15, 0.2) is 0 Å². The molecule has 1 aliphatic heterocycles. The zero-order valence-corrected chi connectivity index (χ0v) is 21.8. The predicted octanol–water partition coefficient (Wildman–Crippen LogP) is 5.17. The molecule has 1 atom stereocenters. The lowest BCUT2D eigenvalue weighted by molar-refractivity contribution is -0.119. The molecule has 40 heavy (non-hydrogen) atoms. The van der Waals surface area contributed by atoms with E-state index in [1.165, 1.54) is 36.3 Å². The number of amides is 3. The van der Waals surface area contributed by atoms with Crippen molar-refractivity contribution in [1.82, 2.24) is 10.2 Å². The monoisotopic (exact) mass is 551 g/mol. The summed E-state index contributed by atoms with van der Waals surface area (Å²) in [5.74, 6) is -4.02. The van der Waals surface area contributed by atoms with Gasteiger partial charge < -0.3 is 20.3 Å². The smallest absolute Gasteiger partial charge is 0.257 e. The van der Waals surface area contributed by atoms with Gasteiger partial charge in [0.05, 0.1) is 12.6 Å². The van der Waals surface area contributed by atoms with Crippen LogP contribution in [-0.4, -0.2) is 42.3 Å². The third-order valence-electron chi connectivity index (χ3n) is 7.65. The molecule has 1 saturated carbocycles. The quantitative estimate of drug-likeness (QED) is 0.425. The fraction of sp³-hybridized carbons (Fsp3) is 0.300. The number of methoxy groups -OCH3 is 1. The fourth-order valence-electron chi connectivity index (χ4n) is 5.32. The molecule has 3 amide bonds. The van der Waals surface area contributed by atoms with Crippen LogP contribution in [0.15, 0.2) is 60.7 Å². The highest BCUT2D eigenvalue weighted by atomic mass is 19.1. The van der Waals surface area contributed by atoms with Crippen LogP contribution in [0.3, 0.4) is 0 Å². The van der Waals surface area contributed by atoms with Crippen LogP contribution in [0.4, 0.5) is 18.9 Å². The van der Waals surface area contributed by atoms with E-state index in [0.717, 1.165) is 24.1 Å².